The quantitative estimate of drug-likeness (QED) is 0.0592. The maximum Gasteiger partial charge on any atom is 0.501 e. The van der Waals surface area contributed by atoms with Gasteiger partial charge in [0.25, 0.3) is 25.8 Å². The number of hydrogen-bond donors (Lipinski definition) is 4. The van der Waals surface area contributed by atoms with E-state index in [1.54, 1.807) is 36.4 Å². The molecular weight excluding hydrogens is 915 g/mol. The fraction of sp³-hybridized carbons (Fsp3) is 0.326. The summed E-state index contributed by atoms with van der Waals surface area (Å²) in [5.74, 6) is -0.923. The second-order valence-electron chi connectivity index (χ2n) is 16.0. The second-order valence-corrected chi connectivity index (χ2v) is 20.7. The van der Waals surface area contributed by atoms with Crippen molar-refractivity contribution in [1.82, 2.24) is 10.0 Å². The summed E-state index contributed by atoms with van der Waals surface area (Å²) in [7, 11) is -11.0. The Morgan fingerprint density at radius 1 is 0.815 bits per heavy atom. The standard InChI is InChI=1S/C46H46F6N4O6S3/c47-45(48,49)33-16-12-30(13-17-33)39-10-4-5-11-40(39)43(57)31-22-25-56(26-23-31)36-18-14-32(15-19-36)44(58)55-65(61,62)38-20-21-41(42(28-38)64(59,60)46(50,51)52)54-35(27-34-7-6-24-53-34)29-63-37-8-2-1-3-9-37/h1-5,8-21,28,31,34-35,43,53-54,57H,6-7,22-27,29H2,(H,55,58)/t34-,35+,43+/m0/s1. The zero-order chi connectivity index (χ0) is 46.6. The van der Waals surface area contributed by atoms with Crippen LogP contribution in [0.5, 0.6) is 0 Å². The first-order valence-corrected chi connectivity index (χ1v) is 24.8. The van der Waals surface area contributed by atoms with Crippen LogP contribution in [0.25, 0.3) is 11.1 Å². The number of benzene rings is 5. The molecule has 3 atom stereocenters. The van der Waals surface area contributed by atoms with Crippen molar-refractivity contribution in [2.24, 2.45) is 5.92 Å². The van der Waals surface area contributed by atoms with Gasteiger partial charge in [-0.05, 0) is 128 Å². The van der Waals surface area contributed by atoms with E-state index in [4.69, 9.17) is 0 Å². The number of amides is 1. The lowest BCUT2D eigenvalue weighted by atomic mass is 9.84. The number of nitrogens with one attached hydrogen (secondary N) is 3. The van der Waals surface area contributed by atoms with Gasteiger partial charge in [-0.2, -0.15) is 26.3 Å². The summed E-state index contributed by atoms with van der Waals surface area (Å²) in [5.41, 5.74) is -4.61. The third-order valence-electron chi connectivity index (χ3n) is 11.7. The lowest BCUT2D eigenvalue weighted by molar-refractivity contribution is -0.137. The predicted molar refractivity (Wildman–Crippen MR) is 238 cm³/mol. The Morgan fingerprint density at radius 3 is 2.11 bits per heavy atom. The van der Waals surface area contributed by atoms with Gasteiger partial charge >= 0.3 is 11.7 Å². The molecule has 0 unspecified atom stereocenters. The number of carbonyl (C=O) groups is 1. The number of aliphatic hydroxyl groups excluding tert-OH is 1. The van der Waals surface area contributed by atoms with E-state index in [1.807, 2.05) is 40.0 Å². The molecule has 2 saturated heterocycles. The Labute approximate surface area is 377 Å². The molecule has 0 saturated carbocycles. The van der Waals surface area contributed by atoms with Gasteiger partial charge in [-0.3, -0.25) is 4.79 Å². The van der Waals surface area contributed by atoms with Gasteiger partial charge in [0, 0.05) is 47.1 Å². The number of nitrogens with zero attached hydrogens (tertiary/aromatic N) is 1. The lowest BCUT2D eigenvalue weighted by Gasteiger charge is -2.36. The minimum Gasteiger partial charge on any atom is -0.388 e. The molecule has 7 rings (SSSR count). The molecule has 0 aromatic heterocycles. The predicted octanol–water partition coefficient (Wildman–Crippen LogP) is 9.45. The van der Waals surface area contributed by atoms with Crippen LogP contribution in [0.2, 0.25) is 0 Å². The molecule has 2 heterocycles. The average Bonchev–Trinajstić information content (AvgIpc) is 3.81. The fourth-order valence-electron chi connectivity index (χ4n) is 8.19. The van der Waals surface area contributed by atoms with Crippen LogP contribution in [0.4, 0.5) is 37.7 Å². The van der Waals surface area contributed by atoms with Crippen LogP contribution in [0, 0.1) is 5.92 Å². The number of aliphatic hydroxyl groups is 1. The molecule has 2 fully saturated rings. The van der Waals surface area contributed by atoms with Crippen molar-refractivity contribution in [1.29, 1.82) is 0 Å². The number of piperidine rings is 1. The summed E-state index contributed by atoms with van der Waals surface area (Å²) >= 11 is 1.43. The number of hydrogen-bond acceptors (Lipinski definition) is 10. The van der Waals surface area contributed by atoms with Gasteiger partial charge in [0.2, 0.25) is 0 Å². The maximum absolute atomic E-state index is 14.1. The van der Waals surface area contributed by atoms with Gasteiger partial charge in [0.15, 0.2) is 0 Å². The summed E-state index contributed by atoms with van der Waals surface area (Å²) in [4.78, 5) is 14.0. The molecule has 2 aliphatic heterocycles. The smallest absolute Gasteiger partial charge is 0.388 e. The van der Waals surface area contributed by atoms with E-state index in [9.17, 15) is 53.1 Å². The summed E-state index contributed by atoms with van der Waals surface area (Å²) in [6, 6.07) is 28.8. The number of sulfone groups is 1. The zero-order valence-corrected chi connectivity index (χ0v) is 37.1. The number of halogens is 6. The van der Waals surface area contributed by atoms with E-state index in [-0.39, 0.29) is 17.5 Å². The maximum atomic E-state index is 14.1. The summed E-state index contributed by atoms with van der Waals surface area (Å²) < 4.78 is 137. The molecule has 0 aliphatic carbocycles. The first-order chi connectivity index (χ1) is 30.8. The van der Waals surface area contributed by atoms with E-state index >= 15 is 0 Å². The molecule has 0 spiro atoms. The van der Waals surface area contributed by atoms with E-state index in [0.717, 1.165) is 48.5 Å². The Kier molecular flexibility index (Phi) is 14.6. The van der Waals surface area contributed by atoms with Crippen molar-refractivity contribution in [2.45, 2.75) is 76.7 Å². The molecule has 1 amide bonds. The van der Waals surface area contributed by atoms with Crippen LogP contribution in [-0.2, 0) is 26.0 Å². The lowest BCUT2D eigenvalue weighted by Crippen LogP contribution is -2.36. The number of anilines is 2. The summed E-state index contributed by atoms with van der Waals surface area (Å²) in [6.45, 7) is 1.77. The van der Waals surface area contributed by atoms with Crippen LogP contribution in [0.15, 0.2) is 136 Å². The highest BCUT2D eigenvalue weighted by atomic mass is 32.2. The highest BCUT2D eigenvalue weighted by molar-refractivity contribution is 7.99. The minimum atomic E-state index is -6.08. The van der Waals surface area contributed by atoms with E-state index in [2.05, 4.69) is 10.6 Å². The Bertz CT molecular complexity index is 2660. The molecule has 5 aromatic carbocycles. The SMILES string of the molecule is O=C(NS(=O)(=O)c1ccc(N[C@@H](CSc2ccccc2)C[C@@H]2CCCN2)c(S(=O)(=O)C(F)(F)F)c1)c1ccc(N2CCC([C@@H](O)c3ccccc3-c3ccc(C(F)(F)F)cc3)CC2)cc1. The van der Waals surface area contributed by atoms with Crippen molar-refractivity contribution in [2.75, 3.05) is 35.6 Å². The molecule has 2 aliphatic rings. The number of sulfonamides is 1. The Balaban J connectivity index is 1.02. The molecule has 10 nitrogen and oxygen atoms in total. The molecule has 346 valence electrons. The van der Waals surface area contributed by atoms with E-state index in [1.165, 1.54) is 36.0 Å². The van der Waals surface area contributed by atoms with Gasteiger partial charge < -0.3 is 20.6 Å². The van der Waals surface area contributed by atoms with Crippen LogP contribution in [0.3, 0.4) is 0 Å². The third-order valence-corrected chi connectivity index (χ3v) is 15.7. The summed E-state index contributed by atoms with van der Waals surface area (Å²) in [6.07, 6.45) is -2.10. The number of thioether (sulfide) groups is 1. The minimum absolute atomic E-state index is 0.0314. The van der Waals surface area contributed by atoms with E-state index < -0.39 is 70.6 Å². The Morgan fingerprint density at radius 2 is 1.48 bits per heavy atom. The van der Waals surface area contributed by atoms with Gasteiger partial charge in [-0.15, -0.1) is 11.8 Å². The fourth-order valence-corrected chi connectivity index (χ4v) is 11.2. The van der Waals surface area contributed by atoms with E-state index in [0.29, 0.717) is 66.5 Å². The largest absolute Gasteiger partial charge is 0.501 e. The van der Waals surface area contributed by atoms with Crippen LogP contribution in [0.1, 0.15) is 59.7 Å². The molecule has 0 bridgehead atoms. The zero-order valence-electron chi connectivity index (χ0n) is 34.6. The summed E-state index contributed by atoms with van der Waals surface area (Å²) in [5, 5.41) is 17.8. The second kappa shape index (κ2) is 19.8. The van der Waals surface area contributed by atoms with Crippen molar-refractivity contribution in [3.05, 3.63) is 138 Å². The molecule has 0 radical (unpaired) electrons. The number of alkyl halides is 6. The topological polar surface area (TPSA) is 145 Å². The number of rotatable bonds is 15. The van der Waals surface area contributed by atoms with Crippen LogP contribution in [-0.4, -0.2) is 70.8 Å². The highest BCUT2D eigenvalue weighted by Crippen LogP contribution is 2.40. The first kappa shape index (κ1) is 47.9. The van der Waals surface area contributed by atoms with Crippen molar-refractivity contribution >= 4 is 48.9 Å². The monoisotopic (exact) mass is 960 g/mol. The van der Waals surface area contributed by atoms with Gasteiger partial charge in [-0.25, -0.2) is 21.6 Å². The van der Waals surface area contributed by atoms with Crippen molar-refractivity contribution in [3.63, 3.8) is 0 Å². The number of carbonyl (C=O) groups excluding carboxylic acids is 1. The van der Waals surface area contributed by atoms with Crippen LogP contribution >= 0.6 is 11.8 Å². The van der Waals surface area contributed by atoms with Gasteiger partial charge in [-0.1, -0.05) is 54.6 Å². The Hall–Kier alpha value is -5.08. The highest BCUT2D eigenvalue weighted by Gasteiger charge is 2.48. The average molecular weight is 961 g/mol. The molecule has 4 N–H and O–H groups in total. The van der Waals surface area contributed by atoms with Crippen molar-refractivity contribution < 1.29 is 53.1 Å². The molecule has 65 heavy (non-hydrogen) atoms. The first-order valence-electron chi connectivity index (χ1n) is 20.8. The molecular formula is C46H46F6N4O6S3. The van der Waals surface area contributed by atoms with Crippen LogP contribution < -0.4 is 20.3 Å². The third kappa shape index (κ3) is 11.5. The molecule has 5 aromatic rings. The normalized spacial score (nSPS) is 17.4. The van der Waals surface area contributed by atoms with Gasteiger partial charge in [0.05, 0.1) is 22.3 Å². The molecule has 19 heteroatoms. The van der Waals surface area contributed by atoms with Gasteiger partial charge in [0.1, 0.15) is 4.90 Å². The van der Waals surface area contributed by atoms with Crippen molar-refractivity contribution in [3.8, 4) is 11.1 Å².